The van der Waals surface area contributed by atoms with Crippen LogP contribution in [0.3, 0.4) is 0 Å². The van der Waals surface area contributed by atoms with E-state index in [9.17, 15) is 18.0 Å². The van der Waals surface area contributed by atoms with Crippen LogP contribution in [0.15, 0.2) is 66.7 Å². The van der Waals surface area contributed by atoms with E-state index in [0.717, 1.165) is 23.3 Å². The molecule has 0 atom stereocenters. The lowest BCUT2D eigenvalue weighted by atomic mass is 10.0. The number of hydrogen-bond donors (Lipinski definition) is 1. The average molecular weight is 409 g/mol. The van der Waals surface area contributed by atoms with Gasteiger partial charge in [0.1, 0.15) is 12.4 Å². The lowest BCUT2D eigenvalue weighted by Gasteiger charge is -2.08. The summed E-state index contributed by atoms with van der Waals surface area (Å²) in [6.07, 6.45) is -2.81. The maximum atomic E-state index is 12.9. The Kier molecular flexibility index (Phi) is 5.08. The number of rotatable bonds is 4. The lowest BCUT2D eigenvalue weighted by Crippen LogP contribution is -2.06. The highest BCUT2D eigenvalue weighted by Gasteiger charge is 2.33. The van der Waals surface area contributed by atoms with Gasteiger partial charge < -0.3 is 10.1 Å². The van der Waals surface area contributed by atoms with Crippen molar-refractivity contribution in [2.24, 2.45) is 0 Å². The molecule has 152 valence electrons. The van der Waals surface area contributed by atoms with Gasteiger partial charge in [0.2, 0.25) is 0 Å². The summed E-state index contributed by atoms with van der Waals surface area (Å²) in [5.41, 5.74) is 3.14. The molecular weight excluding hydrogens is 391 g/mol. The Balaban J connectivity index is 1.50. The van der Waals surface area contributed by atoms with Crippen molar-refractivity contribution in [1.82, 2.24) is 0 Å². The number of nitrogens with one attached hydrogen (secondary N) is 1. The van der Waals surface area contributed by atoms with Crippen molar-refractivity contribution in [2.75, 3.05) is 5.32 Å². The summed E-state index contributed by atoms with van der Waals surface area (Å²) in [6, 6.07) is 18.5. The lowest BCUT2D eigenvalue weighted by molar-refractivity contribution is -0.137. The first-order valence-electron chi connectivity index (χ1n) is 9.33. The van der Waals surface area contributed by atoms with E-state index in [4.69, 9.17) is 4.74 Å². The SMILES string of the molecule is Cc1ccc(COc2ccc(/C=C3\C(=O)Nc4cc(C(F)(F)F)ccc43)cc2)cc1. The number of amides is 1. The highest BCUT2D eigenvalue weighted by atomic mass is 19.4. The van der Waals surface area contributed by atoms with Gasteiger partial charge in [-0.3, -0.25) is 4.79 Å². The molecule has 1 aliphatic rings. The summed E-state index contributed by atoms with van der Waals surface area (Å²) in [6.45, 7) is 2.47. The van der Waals surface area contributed by atoms with E-state index in [0.29, 0.717) is 23.5 Å². The van der Waals surface area contributed by atoms with E-state index in [1.807, 2.05) is 31.2 Å². The number of carbonyl (C=O) groups is 1. The summed E-state index contributed by atoms with van der Waals surface area (Å²) < 4.78 is 44.4. The average Bonchev–Trinajstić information content (AvgIpc) is 3.02. The van der Waals surface area contributed by atoms with Crippen molar-refractivity contribution in [3.63, 3.8) is 0 Å². The largest absolute Gasteiger partial charge is 0.489 e. The fourth-order valence-electron chi connectivity index (χ4n) is 3.19. The zero-order valence-electron chi connectivity index (χ0n) is 16.1. The Bertz CT molecular complexity index is 1110. The van der Waals surface area contributed by atoms with Crippen LogP contribution in [-0.4, -0.2) is 5.91 Å². The molecule has 3 aromatic carbocycles. The van der Waals surface area contributed by atoms with Crippen molar-refractivity contribution >= 4 is 23.2 Å². The standard InChI is InChI=1S/C24H18F3NO2/c1-15-2-4-17(5-3-15)14-30-19-9-6-16(7-10-19)12-21-20-11-8-18(24(25,26)27)13-22(20)28-23(21)29/h2-13H,14H2,1H3,(H,28,29)/b21-12-. The van der Waals surface area contributed by atoms with Crippen LogP contribution >= 0.6 is 0 Å². The van der Waals surface area contributed by atoms with Crippen molar-refractivity contribution in [1.29, 1.82) is 0 Å². The minimum absolute atomic E-state index is 0.166. The molecule has 0 unspecified atom stereocenters. The van der Waals surface area contributed by atoms with E-state index in [-0.39, 0.29) is 5.69 Å². The number of benzene rings is 3. The van der Waals surface area contributed by atoms with Crippen LogP contribution in [0.2, 0.25) is 0 Å². The summed E-state index contributed by atoms with van der Waals surface area (Å²) in [4.78, 5) is 12.3. The third-order valence-electron chi connectivity index (χ3n) is 4.85. The van der Waals surface area contributed by atoms with Gasteiger partial charge >= 0.3 is 6.18 Å². The van der Waals surface area contributed by atoms with E-state index < -0.39 is 17.6 Å². The van der Waals surface area contributed by atoms with E-state index in [2.05, 4.69) is 5.32 Å². The van der Waals surface area contributed by atoms with E-state index in [1.165, 1.54) is 11.6 Å². The highest BCUT2D eigenvalue weighted by molar-refractivity contribution is 6.34. The Hall–Kier alpha value is -3.54. The first-order valence-corrected chi connectivity index (χ1v) is 9.33. The Morgan fingerprint density at radius 3 is 2.33 bits per heavy atom. The molecular formula is C24H18F3NO2. The molecule has 0 aromatic heterocycles. The zero-order valence-corrected chi connectivity index (χ0v) is 16.1. The molecule has 0 radical (unpaired) electrons. The number of hydrogen-bond acceptors (Lipinski definition) is 2. The molecule has 6 heteroatoms. The number of fused-ring (bicyclic) bond motifs is 1. The van der Waals surface area contributed by atoms with Gasteiger partial charge in [-0.1, -0.05) is 48.0 Å². The topological polar surface area (TPSA) is 38.3 Å². The van der Waals surface area contributed by atoms with Gasteiger partial charge in [-0.25, -0.2) is 0 Å². The van der Waals surface area contributed by atoms with E-state index >= 15 is 0 Å². The minimum Gasteiger partial charge on any atom is -0.489 e. The summed E-state index contributed by atoms with van der Waals surface area (Å²) in [5.74, 6) is 0.257. The summed E-state index contributed by atoms with van der Waals surface area (Å²) in [5, 5.41) is 2.50. The van der Waals surface area contributed by atoms with Crippen molar-refractivity contribution in [2.45, 2.75) is 19.7 Å². The number of ether oxygens (including phenoxy) is 1. The molecule has 3 aromatic rings. The minimum atomic E-state index is -4.46. The van der Waals surface area contributed by atoms with Crippen molar-refractivity contribution < 1.29 is 22.7 Å². The Morgan fingerprint density at radius 2 is 1.67 bits per heavy atom. The molecule has 1 amide bonds. The molecule has 0 saturated heterocycles. The summed E-state index contributed by atoms with van der Waals surface area (Å²) >= 11 is 0. The fourth-order valence-corrected chi connectivity index (χ4v) is 3.19. The Morgan fingerprint density at radius 1 is 0.967 bits per heavy atom. The monoisotopic (exact) mass is 409 g/mol. The van der Waals surface area contributed by atoms with Crippen LogP contribution < -0.4 is 10.1 Å². The van der Waals surface area contributed by atoms with Gasteiger partial charge in [-0.05, 0) is 48.4 Å². The van der Waals surface area contributed by atoms with Crippen LogP contribution in [-0.2, 0) is 17.6 Å². The van der Waals surface area contributed by atoms with Crippen molar-refractivity contribution in [3.8, 4) is 5.75 Å². The first-order chi connectivity index (χ1) is 14.3. The quantitative estimate of drug-likeness (QED) is 0.530. The second kappa shape index (κ2) is 7.71. The summed E-state index contributed by atoms with van der Waals surface area (Å²) in [7, 11) is 0. The molecule has 1 aliphatic heterocycles. The van der Waals surface area contributed by atoms with Crippen LogP contribution in [0.1, 0.15) is 27.8 Å². The molecule has 3 nitrogen and oxygen atoms in total. The van der Waals surface area contributed by atoms with Crippen LogP contribution in [0.4, 0.5) is 18.9 Å². The van der Waals surface area contributed by atoms with E-state index in [1.54, 1.807) is 30.3 Å². The van der Waals surface area contributed by atoms with Gasteiger partial charge in [-0.15, -0.1) is 0 Å². The number of alkyl halides is 3. The predicted molar refractivity (Wildman–Crippen MR) is 110 cm³/mol. The smallest absolute Gasteiger partial charge is 0.416 e. The molecule has 0 saturated carbocycles. The van der Waals surface area contributed by atoms with Crippen LogP contribution in [0, 0.1) is 6.92 Å². The van der Waals surface area contributed by atoms with Crippen LogP contribution in [0.25, 0.3) is 11.6 Å². The number of carbonyl (C=O) groups excluding carboxylic acids is 1. The third-order valence-corrected chi connectivity index (χ3v) is 4.85. The first kappa shape index (κ1) is 19.8. The van der Waals surface area contributed by atoms with Gasteiger partial charge in [0.05, 0.1) is 5.56 Å². The molecule has 1 N–H and O–H groups in total. The molecule has 0 bridgehead atoms. The normalized spacial score (nSPS) is 14.5. The molecule has 4 rings (SSSR count). The molecule has 0 fully saturated rings. The molecule has 30 heavy (non-hydrogen) atoms. The third kappa shape index (κ3) is 4.22. The van der Waals surface area contributed by atoms with Crippen molar-refractivity contribution in [3.05, 3.63) is 94.5 Å². The second-order valence-electron chi connectivity index (χ2n) is 7.11. The number of halogens is 3. The van der Waals surface area contributed by atoms with Gasteiger partial charge in [0, 0.05) is 16.8 Å². The van der Waals surface area contributed by atoms with Gasteiger partial charge in [0.15, 0.2) is 0 Å². The maximum absolute atomic E-state index is 12.9. The highest BCUT2D eigenvalue weighted by Crippen LogP contribution is 2.38. The second-order valence-corrected chi connectivity index (χ2v) is 7.11. The predicted octanol–water partition coefficient (Wildman–Crippen LogP) is 6.09. The number of anilines is 1. The van der Waals surface area contributed by atoms with Gasteiger partial charge in [0.25, 0.3) is 5.91 Å². The molecule has 0 spiro atoms. The van der Waals surface area contributed by atoms with Crippen LogP contribution in [0.5, 0.6) is 5.75 Å². The number of aryl methyl sites for hydroxylation is 1. The van der Waals surface area contributed by atoms with Gasteiger partial charge in [-0.2, -0.15) is 13.2 Å². The molecule has 1 heterocycles. The zero-order chi connectivity index (χ0) is 21.3. The molecule has 0 aliphatic carbocycles. The maximum Gasteiger partial charge on any atom is 0.416 e. The fraction of sp³-hybridized carbons (Fsp3) is 0.125. The Labute approximate surface area is 171 Å².